The molecule has 9 heteroatoms. The molecular weight excluding hydrogens is 432 g/mol. The lowest BCUT2D eigenvalue weighted by Gasteiger charge is -2.14. The van der Waals surface area contributed by atoms with Crippen molar-refractivity contribution in [2.75, 3.05) is 18.9 Å². The van der Waals surface area contributed by atoms with Crippen LogP contribution in [0.15, 0.2) is 42.6 Å². The standard InChI is InChI=1S/C22H25ClN6OS/c1-15-4-11-19(24-14-15)25-21(30)20-26-28(13-3-12-27(2)17-9-10-17)22(31)29(20)18-7-5-16(23)6-8-18/h4-8,11,14,17H,3,9-10,12-13H2,1-2H3,(H,24,25,30). The summed E-state index contributed by atoms with van der Waals surface area (Å²) < 4.78 is 3.88. The summed E-state index contributed by atoms with van der Waals surface area (Å²) in [6, 6.07) is 11.6. The molecule has 0 spiro atoms. The first kappa shape index (κ1) is 21.7. The number of carbonyl (C=O) groups is 1. The van der Waals surface area contributed by atoms with Crippen LogP contribution in [0.1, 0.15) is 35.4 Å². The monoisotopic (exact) mass is 456 g/mol. The van der Waals surface area contributed by atoms with Crippen molar-refractivity contribution in [2.24, 2.45) is 0 Å². The molecule has 0 bridgehead atoms. The largest absolute Gasteiger partial charge is 0.304 e. The van der Waals surface area contributed by atoms with Crippen LogP contribution in [-0.4, -0.2) is 49.8 Å². The van der Waals surface area contributed by atoms with Crippen molar-refractivity contribution >= 4 is 35.5 Å². The number of nitrogens with one attached hydrogen (secondary N) is 1. The molecule has 4 rings (SSSR count). The summed E-state index contributed by atoms with van der Waals surface area (Å²) in [6.07, 6.45) is 5.16. The van der Waals surface area contributed by atoms with Gasteiger partial charge in [0.1, 0.15) is 5.82 Å². The first-order chi connectivity index (χ1) is 14.9. The highest BCUT2D eigenvalue weighted by molar-refractivity contribution is 7.71. The van der Waals surface area contributed by atoms with E-state index in [2.05, 4.69) is 27.3 Å². The fourth-order valence-corrected chi connectivity index (χ4v) is 3.86. The minimum Gasteiger partial charge on any atom is -0.304 e. The van der Waals surface area contributed by atoms with Gasteiger partial charge in [-0.3, -0.25) is 9.36 Å². The lowest BCUT2D eigenvalue weighted by Crippen LogP contribution is -2.23. The van der Waals surface area contributed by atoms with Crippen LogP contribution < -0.4 is 5.32 Å². The van der Waals surface area contributed by atoms with Crippen LogP contribution in [0.3, 0.4) is 0 Å². The molecule has 1 fully saturated rings. The normalized spacial score (nSPS) is 13.5. The molecule has 1 aliphatic carbocycles. The number of pyridine rings is 1. The number of aryl methyl sites for hydroxylation is 2. The quantitative estimate of drug-likeness (QED) is 0.505. The molecule has 162 valence electrons. The van der Waals surface area contributed by atoms with E-state index in [9.17, 15) is 4.79 Å². The van der Waals surface area contributed by atoms with Crippen molar-refractivity contribution in [3.05, 3.63) is 63.8 Å². The topological polar surface area (TPSA) is 68.0 Å². The smallest absolute Gasteiger partial charge is 0.295 e. The Kier molecular flexibility index (Phi) is 6.50. The Balaban J connectivity index is 1.61. The van der Waals surface area contributed by atoms with Crippen LogP contribution in [0.5, 0.6) is 0 Å². The maximum absolute atomic E-state index is 13.1. The van der Waals surface area contributed by atoms with E-state index in [1.807, 2.05) is 25.1 Å². The molecule has 1 aromatic carbocycles. The van der Waals surface area contributed by atoms with E-state index in [0.29, 0.717) is 28.2 Å². The zero-order chi connectivity index (χ0) is 22.0. The molecule has 0 saturated heterocycles. The molecule has 0 unspecified atom stereocenters. The molecule has 1 amide bonds. The number of carbonyl (C=O) groups excluding carboxylic acids is 1. The summed E-state index contributed by atoms with van der Waals surface area (Å²) in [6.45, 7) is 3.55. The van der Waals surface area contributed by atoms with Crippen molar-refractivity contribution in [1.82, 2.24) is 24.2 Å². The van der Waals surface area contributed by atoms with Gasteiger partial charge in [0.25, 0.3) is 5.91 Å². The van der Waals surface area contributed by atoms with E-state index in [-0.39, 0.29) is 11.7 Å². The Bertz CT molecular complexity index is 1120. The third kappa shape index (κ3) is 5.20. The van der Waals surface area contributed by atoms with E-state index < -0.39 is 0 Å². The van der Waals surface area contributed by atoms with Crippen molar-refractivity contribution in [3.63, 3.8) is 0 Å². The van der Waals surface area contributed by atoms with Crippen LogP contribution in [-0.2, 0) is 6.54 Å². The maximum atomic E-state index is 13.1. The number of rotatable bonds is 8. The second kappa shape index (κ2) is 9.30. The van der Waals surface area contributed by atoms with Gasteiger partial charge >= 0.3 is 0 Å². The molecule has 2 heterocycles. The molecule has 0 atom stereocenters. The molecule has 1 aliphatic rings. The van der Waals surface area contributed by atoms with Crippen LogP contribution in [0.4, 0.5) is 5.82 Å². The van der Waals surface area contributed by atoms with Gasteiger partial charge in [0.05, 0.1) is 5.69 Å². The number of halogens is 1. The van der Waals surface area contributed by atoms with Crippen LogP contribution in [0, 0.1) is 11.7 Å². The van der Waals surface area contributed by atoms with Crippen molar-refractivity contribution in [3.8, 4) is 5.69 Å². The third-order valence-electron chi connectivity index (χ3n) is 5.33. The highest BCUT2D eigenvalue weighted by Gasteiger charge is 2.25. The minimum atomic E-state index is -0.369. The Morgan fingerprint density at radius 3 is 2.65 bits per heavy atom. The Hall–Kier alpha value is -2.55. The molecule has 2 aromatic heterocycles. The van der Waals surface area contributed by atoms with E-state index in [1.54, 1.807) is 33.6 Å². The fraction of sp³-hybridized carbons (Fsp3) is 0.364. The number of benzene rings is 1. The van der Waals surface area contributed by atoms with Crippen LogP contribution >= 0.6 is 23.8 Å². The maximum Gasteiger partial charge on any atom is 0.295 e. The Labute approximate surface area is 191 Å². The number of nitrogens with zero attached hydrogens (tertiary/aromatic N) is 5. The zero-order valence-electron chi connectivity index (χ0n) is 17.6. The molecule has 0 aliphatic heterocycles. The molecule has 1 saturated carbocycles. The number of amides is 1. The zero-order valence-corrected chi connectivity index (χ0v) is 19.2. The highest BCUT2D eigenvalue weighted by Crippen LogP contribution is 2.25. The summed E-state index contributed by atoms with van der Waals surface area (Å²) in [7, 11) is 2.15. The molecule has 7 nitrogen and oxygen atoms in total. The lowest BCUT2D eigenvalue weighted by molar-refractivity contribution is 0.101. The van der Waals surface area contributed by atoms with Gasteiger partial charge in [0, 0.05) is 23.8 Å². The number of aromatic nitrogens is 4. The second-order valence-electron chi connectivity index (χ2n) is 7.88. The van der Waals surface area contributed by atoms with Crippen LogP contribution in [0.25, 0.3) is 5.69 Å². The first-order valence-electron chi connectivity index (χ1n) is 10.3. The molecule has 1 N–H and O–H groups in total. The van der Waals surface area contributed by atoms with Crippen molar-refractivity contribution < 1.29 is 4.79 Å². The van der Waals surface area contributed by atoms with Gasteiger partial charge < -0.3 is 10.2 Å². The minimum absolute atomic E-state index is 0.213. The van der Waals surface area contributed by atoms with Gasteiger partial charge in [-0.25, -0.2) is 9.67 Å². The summed E-state index contributed by atoms with van der Waals surface area (Å²) in [4.78, 5) is 19.7. The lowest BCUT2D eigenvalue weighted by atomic mass is 10.3. The summed E-state index contributed by atoms with van der Waals surface area (Å²) in [5, 5.41) is 7.99. The van der Waals surface area contributed by atoms with Gasteiger partial charge in [-0.2, -0.15) is 0 Å². The van der Waals surface area contributed by atoms with Gasteiger partial charge in [0.2, 0.25) is 10.6 Å². The SMILES string of the molecule is Cc1ccc(NC(=O)c2nn(CCCN(C)C3CC3)c(=S)n2-c2ccc(Cl)cc2)nc1. The Morgan fingerprint density at radius 2 is 2.00 bits per heavy atom. The highest BCUT2D eigenvalue weighted by atomic mass is 35.5. The van der Waals surface area contributed by atoms with Gasteiger partial charge in [0.15, 0.2) is 0 Å². The number of hydrogen-bond acceptors (Lipinski definition) is 5. The molecule has 31 heavy (non-hydrogen) atoms. The van der Waals surface area contributed by atoms with E-state index in [4.69, 9.17) is 23.8 Å². The number of hydrogen-bond donors (Lipinski definition) is 1. The van der Waals surface area contributed by atoms with Gasteiger partial charge in [-0.05, 0) is 87.9 Å². The average Bonchev–Trinajstić information content (AvgIpc) is 3.55. The first-order valence-corrected chi connectivity index (χ1v) is 11.1. The predicted molar refractivity (Wildman–Crippen MR) is 125 cm³/mol. The summed E-state index contributed by atoms with van der Waals surface area (Å²) >= 11 is 11.7. The third-order valence-corrected chi connectivity index (χ3v) is 5.98. The average molecular weight is 457 g/mol. The van der Waals surface area contributed by atoms with Crippen molar-refractivity contribution in [2.45, 2.75) is 38.8 Å². The van der Waals surface area contributed by atoms with E-state index in [0.717, 1.165) is 24.2 Å². The van der Waals surface area contributed by atoms with E-state index >= 15 is 0 Å². The van der Waals surface area contributed by atoms with Gasteiger partial charge in [-0.1, -0.05) is 17.7 Å². The summed E-state index contributed by atoms with van der Waals surface area (Å²) in [5.41, 5.74) is 1.75. The van der Waals surface area contributed by atoms with E-state index in [1.165, 1.54) is 12.8 Å². The van der Waals surface area contributed by atoms with Crippen LogP contribution in [0.2, 0.25) is 5.02 Å². The molecular formula is C22H25ClN6OS. The number of anilines is 1. The Morgan fingerprint density at radius 1 is 1.26 bits per heavy atom. The molecule has 3 aromatic rings. The van der Waals surface area contributed by atoms with Crippen molar-refractivity contribution in [1.29, 1.82) is 0 Å². The molecule has 0 radical (unpaired) electrons. The fourth-order valence-electron chi connectivity index (χ4n) is 3.41. The second-order valence-corrected chi connectivity index (χ2v) is 8.68. The van der Waals surface area contributed by atoms with Gasteiger partial charge in [-0.15, -0.1) is 5.10 Å². The summed E-state index contributed by atoms with van der Waals surface area (Å²) in [5.74, 6) is 0.307. The predicted octanol–water partition coefficient (Wildman–Crippen LogP) is 4.50.